The van der Waals surface area contributed by atoms with E-state index in [1.54, 1.807) is 59.8 Å². The van der Waals surface area contributed by atoms with Crippen molar-refractivity contribution >= 4 is 34.6 Å². The molecule has 1 aliphatic rings. The number of alkyl halides is 3. The van der Waals surface area contributed by atoms with E-state index in [0.29, 0.717) is 34.8 Å². The average Bonchev–Trinajstić information content (AvgIpc) is 3.38. The van der Waals surface area contributed by atoms with Gasteiger partial charge in [0, 0.05) is 34.7 Å². The fourth-order valence-electron chi connectivity index (χ4n) is 5.66. The van der Waals surface area contributed by atoms with Gasteiger partial charge in [-0.25, -0.2) is 9.34 Å². The lowest BCUT2D eigenvalue weighted by Gasteiger charge is -2.48. The van der Waals surface area contributed by atoms with Gasteiger partial charge in [0.1, 0.15) is 5.75 Å². The summed E-state index contributed by atoms with van der Waals surface area (Å²) in [6, 6.07) is 19.1. The van der Waals surface area contributed by atoms with E-state index in [9.17, 15) is 27.6 Å². The van der Waals surface area contributed by atoms with Crippen LogP contribution in [0, 0.1) is 5.41 Å². The van der Waals surface area contributed by atoms with Gasteiger partial charge in [-0.15, -0.1) is 11.3 Å². The Hall–Kier alpha value is -3.01. The van der Waals surface area contributed by atoms with Gasteiger partial charge in [-0.2, -0.15) is 13.2 Å². The van der Waals surface area contributed by atoms with Crippen LogP contribution in [0.25, 0.3) is 21.2 Å². The lowest BCUT2D eigenvalue weighted by atomic mass is 9.93. The van der Waals surface area contributed by atoms with Crippen LogP contribution < -0.4 is 4.74 Å². The number of thiophene rings is 1. The van der Waals surface area contributed by atoms with Crippen molar-refractivity contribution in [2.75, 3.05) is 33.8 Å². The summed E-state index contributed by atoms with van der Waals surface area (Å²) in [5.41, 5.74) is 1.19. The van der Waals surface area contributed by atoms with Crippen molar-refractivity contribution in [2.45, 2.75) is 32.3 Å². The van der Waals surface area contributed by atoms with Gasteiger partial charge in [0.2, 0.25) is 7.44 Å². The zero-order valence-corrected chi connectivity index (χ0v) is 26.1. The molecule has 0 aliphatic carbocycles. The van der Waals surface area contributed by atoms with E-state index in [1.807, 2.05) is 12.1 Å². The Bertz CT molecular complexity index is 1650. The van der Waals surface area contributed by atoms with Crippen LogP contribution in [-0.4, -0.2) is 54.0 Å². The van der Waals surface area contributed by atoms with Crippen molar-refractivity contribution < 1.29 is 32.4 Å². The molecule has 0 bridgehead atoms. The van der Waals surface area contributed by atoms with Crippen LogP contribution in [-0.2, 0) is 10.7 Å². The van der Waals surface area contributed by atoms with E-state index < -0.39 is 25.0 Å². The quantitative estimate of drug-likeness (QED) is 0.156. The van der Waals surface area contributed by atoms with Crippen LogP contribution in [0.1, 0.15) is 46.9 Å². The number of hydrogen-bond acceptors (Lipinski definition) is 5. The average molecular weight is 631 g/mol. The number of carbonyl (C=O) groups excluding carboxylic acids is 1. The lowest BCUT2D eigenvalue weighted by Crippen LogP contribution is -2.47. The van der Waals surface area contributed by atoms with E-state index in [4.69, 9.17) is 4.74 Å². The molecule has 11 heteroatoms. The second kappa shape index (κ2) is 11.8. The number of ether oxygens (including phenoxy) is 1. The zero-order valence-electron chi connectivity index (χ0n) is 24.4. The SMILES string of the molecule is CN1CC(C)(C)CN(C)P1(=O)C(O)c1cc2cc(C(=O)CCOc3ccc(-c4ccc(C(F)(F)F)cc4)cc3)ccc2s1. The second-order valence-electron chi connectivity index (χ2n) is 11.8. The maximum absolute atomic E-state index is 14.0. The third kappa shape index (κ3) is 6.59. The zero-order chi connectivity index (χ0) is 31.2. The van der Waals surface area contributed by atoms with Crippen molar-refractivity contribution in [1.82, 2.24) is 9.34 Å². The van der Waals surface area contributed by atoms with Crippen molar-refractivity contribution in [3.63, 3.8) is 0 Å². The Morgan fingerprint density at radius 3 is 2.14 bits per heavy atom. The Kier molecular flexibility index (Phi) is 8.64. The summed E-state index contributed by atoms with van der Waals surface area (Å²) >= 11 is 1.38. The van der Waals surface area contributed by atoms with Crippen LogP contribution >= 0.6 is 18.8 Å². The number of Topliss-reactive ketones (excluding diaryl/α,β-unsaturated/α-hetero) is 1. The molecule has 3 aromatic carbocycles. The predicted molar refractivity (Wildman–Crippen MR) is 165 cm³/mol. The molecule has 6 nitrogen and oxygen atoms in total. The summed E-state index contributed by atoms with van der Waals surface area (Å²) < 4.78 is 62.7. The Morgan fingerprint density at radius 1 is 0.977 bits per heavy atom. The first-order valence-corrected chi connectivity index (χ1v) is 16.4. The first-order valence-electron chi connectivity index (χ1n) is 13.9. The Labute approximate surface area is 253 Å². The van der Waals surface area contributed by atoms with Gasteiger partial charge in [-0.1, -0.05) is 38.1 Å². The topological polar surface area (TPSA) is 70.1 Å². The maximum atomic E-state index is 14.0. The third-order valence-electron chi connectivity index (χ3n) is 7.72. The minimum atomic E-state index is -4.38. The molecule has 1 unspecified atom stereocenters. The van der Waals surface area contributed by atoms with Crippen LogP contribution in [0.4, 0.5) is 13.2 Å². The number of nitrogens with zero attached hydrogens (tertiary/aromatic N) is 2. The number of halogens is 3. The first kappa shape index (κ1) is 31.4. The number of aliphatic hydroxyl groups excluding tert-OH is 1. The van der Waals surface area contributed by atoms with Crippen LogP contribution in [0.15, 0.2) is 72.8 Å². The largest absolute Gasteiger partial charge is 0.493 e. The summed E-state index contributed by atoms with van der Waals surface area (Å²) in [4.78, 5) is 13.5. The van der Waals surface area contributed by atoms with Crippen LogP contribution in [0.5, 0.6) is 5.75 Å². The summed E-state index contributed by atoms with van der Waals surface area (Å²) in [6.07, 6.45) is -4.23. The molecule has 0 amide bonds. The highest BCUT2D eigenvalue weighted by Gasteiger charge is 2.48. The highest BCUT2D eigenvalue weighted by Crippen LogP contribution is 2.65. The normalized spacial score (nSPS) is 18.0. The maximum Gasteiger partial charge on any atom is 0.416 e. The molecular formula is C32H34F3N2O4PS. The van der Waals surface area contributed by atoms with Crippen molar-refractivity contribution in [3.8, 4) is 16.9 Å². The van der Waals surface area contributed by atoms with Gasteiger partial charge in [0.25, 0.3) is 0 Å². The van der Waals surface area contributed by atoms with Gasteiger partial charge in [0.05, 0.1) is 12.2 Å². The summed E-state index contributed by atoms with van der Waals surface area (Å²) in [7, 11) is 0.346. The van der Waals surface area contributed by atoms with E-state index in [0.717, 1.165) is 27.8 Å². The summed E-state index contributed by atoms with van der Waals surface area (Å²) in [5.74, 6) is -0.709. The Morgan fingerprint density at radius 2 is 1.56 bits per heavy atom. The molecule has 4 aromatic rings. The predicted octanol–water partition coefficient (Wildman–Crippen LogP) is 8.33. The van der Waals surface area contributed by atoms with E-state index in [-0.39, 0.29) is 24.2 Å². The van der Waals surface area contributed by atoms with Crippen LogP contribution in [0.2, 0.25) is 0 Å². The molecule has 1 aromatic heterocycles. The number of rotatable bonds is 8. The van der Waals surface area contributed by atoms with E-state index in [1.165, 1.54) is 23.5 Å². The molecule has 1 N–H and O–H groups in total. The van der Waals surface area contributed by atoms with Crippen molar-refractivity contribution in [2.24, 2.45) is 5.41 Å². The Balaban J connectivity index is 1.20. The minimum absolute atomic E-state index is 0.0465. The number of ketones is 1. The molecule has 228 valence electrons. The van der Waals surface area contributed by atoms with Gasteiger partial charge in [-0.3, -0.25) is 9.36 Å². The standard InChI is InChI=1S/C32H34F3N2O4PS/c1-31(2)19-36(3)42(40,37(4)20-31)30(39)29-18-24-17-23(9-14-28(24)43-29)27(38)15-16-41-26-12-7-22(8-13-26)21-5-10-25(11-6-21)32(33,34)35/h5-14,17-18,30,39H,15-16,19-20H2,1-4H3. The molecule has 1 aliphatic heterocycles. The number of aliphatic hydroxyl groups is 1. The molecule has 1 fully saturated rings. The van der Waals surface area contributed by atoms with Gasteiger partial charge < -0.3 is 9.84 Å². The molecule has 1 atom stereocenters. The second-order valence-corrected chi connectivity index (χ2v) is 15.9. The van der Waals surface area contributed by atoms with Gasteiger partial charge in [-0.05, 0) is 84.6 Å². The fourth-order valence-corrected chi connectivity index (χ4v) is 9.99. The van der Waals surface area contributed by atoms with Gasteiger partial charge in [0.15, 0.2) is 11.6 Å². The van der Waals surface area contributed by atoms with E-state index in [2.05, 4.69) is 13.8 Å². The molecule has 0 saturated carbocycles. The summed E-state index contributed by atoms with van der Waals surface area (Å²) in [5, 5.41) is 12.1. The molecule has 43 heavy (non-hydrogen) atoms. The monoisotopic (exact) mass is 630 g/mol. The van der Waals surface area contributed by atoms with Crippen LogP contribution in [0.3, 0.4) is 0 Å². The van der Waals surface area contributed by atoms with Crippen molar-refractivity contribution in [3.05, 3.63) is 88.8 Å². The van der Waals surface area contributed by atoms with Crippen molar-refractivity contribution in [1.29, 1.82) is 0 Å². The highest BCUT2D eigenvalue weighted by atomic mass is 32.1. The fraction of sp³-hybridized carbons (Fsp3) is 0.344. The lowest BCUT2D eigenvalue weighted by molar-refractivity contribution is -0.137. The number of benzene rings is 3. The number of hydrogen-bond donors (Lipinski definition) is 1. The summed E-state index contributed by atoms with van der Waals surface area (Å²) in [6.45, 7) is 5.60. The molecule has 5 rings (SSSR count). The molecule has 1 saturated heterocycles. The molecule has 0 radical (unpaired) electrons. The highest BCUT2D eigenvalue weighted by molar-refractivity contribution is 7.59. The molecule has 0 spiro atoms. The molecule has 2 heterocycles. The first-order chi connectivity index (χ1) is 20.2. The number of fused-ring (bicyclic) bond motifs is 1. The smallest absolute Gasteiger partial charge is 0.416 e. The molecular weight excluding hydrogens is 596 g/mol. The third-order valence-corrected chi connectivity index (χ3v) is 12.2. The van der Waals surface area contributed by atoms with Gasteiger partial charge >= 0.3 is 6.18 Å². The minimum Gasteiger partial charge on any atom is -0.493 e. The van der Waals surface area contributed by atoms with E-state index >= 15 is 0 Å². The number of carbonyl (C=O) groups is 1.